The van der Waals surface area contributed by atoms with Gasteiger partial charge in [-0.2, -0.15) is 13.9 Å². The lowest BCUT2D eigenvalue weighted by atomic mass is 10.2. The third-order valence-electron chi connectivity index (χ3n) is 3.13. The first-order valence-corrected chi connectivity index (χ1v) is 7.79. The van der Waals surface area contributed by atoms with Crippen molar-refractivity contribution >= 4 is 29.2 Å². The Hall–Kier alpha value is -2.94. The molecule has 6 nitrogen and oxygen atoms in total. The number of methoxy groups -OCH3 is 2. The predicted molar refractivity (Wildman–Crippen MR) is 99.6 cm³/mol. The molecule has 0 saturated carbocycles. The summed E-state index contributed by atoms with van der Waals surface area (Å²) in [5, 5.41) is 7.17. The summed E-state index contributed by atoms with van der Waals surface area (Å²) in [5.41, 5.74) is 3.92. The van der Waals surface area contributed by atoms with Crippen LogP contribution >= 0.6 is 12.2 Å². The molecule has 138 valence electrons. The molecule has 0 unspecified atom stereocenters. The minimum absolute atomic E-state index is 0.0783. The van der Waals surface area contributed by atoms with Gasteiger partial charge in [0.1, 0.15) is 5.75 Å². The molecular formula is C17H17F2N3O3S. The monoisotopic (exact) mass is 381 g/mol. The van der Waals surface area contributed by atoms with E-state index in [4.69, 9.17) is 21.7 Å². The summed E-state index contributed by atoms with van der Waals surface area (Å²) in [5.74, 6) is 0.853. The van der Waals surface area contributed by atoms with Crippen molar-refractivity contribution in [2.75, 3.05) is 19.5 Å². The molecule has 0 bridgehead atoms. The number of hydrogen-bond donors (Lipinski definition) is 2. The zero-order valence-electron chi connectivity index (χ0n) is 14.0. The first-order chi connectivity index (χ1) is 12.5. The van der Waals surface area contributed by atoms with Crippen LogP contribution in [0.2, 0.25) is 0 Å². The third kappa shape index (κ3) is 5.85. The van der Waals surface area contributed by atoms with E-state index in [2.05, 4.69) is 20.6 Å². The minimum Gasteiger partial charge on any atom is -0.497 e. The second kappa shape index (κ2) is 9.52. The number of alkyl halides is 2. The summed E-state index contributed by atoms with van der Waals surface area (Å²) in [6, 6.07) is 11.7. The van der Waals surface area contributed by atoms with Gasteiger partial charge in [-0.05, 0) is 60.2 Å². The standard InChI is InChI=1S/C17H17F2N3O3S/c1-23-13-6-4-12(5-7-13)21-17(26)22-20-10-11-3-8-14(24-2)15(9-11)25-16(18)19/h3-10,16H,1-2H3,(H2,21,22,26)/b20-10-. The number of rotatable bonds is 7. The van der Waals surface area contributed by atoms with Crippen LogP contribution in [0.1, 0.15) is 5.56 Å². The summed E-state index contributed by atoms with van der Waals surface area (Å²) in [6.07, 6.45) is 1.42. The van der Waals surface area contributed by atoms with Crippen LogP contribution < -0.4 is 25.0 Å². The molecule has 0 amide bonds. The quantitative estimate of drug-likeness (QED) is 0.434. The highest BCUT2D eigenvalue weighted by molar-refractivity contribution is 7.80. The SMILES string of the molecule is COc1ccc(NC(=S)N/N=C\c2ccc(OC)c(OC(F)F)c2)cc1. The van der Waals surface area contributed by atoms with Gasteiger partial charge in [0.15, 0.2) is 16.6 Å². The second-order valence-corrected chi connectivity index (χ2v) is 5.25. The zero-order valence-corrected chi connectivity index (χ0v) is 14.8. The fourth-order valence-corrected chi connectivity index (χ4v) is 2.13. The Bertz CT molecular complexity index is 770. The van der Waals surface area contributed by atoms with Crippen LogP contribution in [0.5, 0.6) is 17.2 Å². The minimum atomic E-state index is -2.95. The van der Waals surface area contributed by atoms with E-state index in [1.54, 1.807) is 37.4 Å². The fraction of sp³-hybridized carbons (Fsp3) is 0.176. The molecule has 2 aromatic carbocycles. The van der Waals surface area contributed by atoms with E-state index in [1.807, 2.05) is 0 Å². The number of nitrogens with one attached hydrogen (secondary N) is 2. The molecule has 0 fully saturated rings. The van der Waals surface area contributed by atoms with Gasteiger partial charge in [-0.25, -0.2) is 0 Å². The topological polar surface area (TPSA) is 64.1 Å². The molecule has 0 spiro atoms. The zero-order chi connectivity index (χ0) is 18.9. The molecule has 9 heteroatoms. The van der Waals surface area contributed by atoms with Gasteiger partial charge < -0.3 is 19.5 Å². The normalized spacial score (nSPS) is 10.7. The van der Waals surface area contributed by atoms with Crippen molar-refractivity contribution < 1.29 is 23.0 Å². The number of nitrogens with zero attached hydrogens (tertiary/aromatic N) is 1. The van der Waals surface area contributed by atoms with E-state index in [9.17, 15) is 8.78 Å². The van der Waals surface area contributed by atoms with E-state index in [0.29, 0.717) is 5.56 Å². The van der Waals surface area contributed by atoms with Crippen molar-refractivity contribution in [1.29, 1.82) is 0 Å². The number of thiocarbonyl (C=S) groups is 1. The molecule has 0 aliphatic carbocycles. The third-order valence-corrected chi connectivity index (χ3v) is 3.32. The second-order valence-electron chi connectivity index (χ2n) is 4.84. The van der Waals surface area contributed by atoms with Crippen molar-refractivity contribution in [1.82, 2.24) is 5.43 Å². The highest BCUT2D eigenvalue weighted by atomic mass is 32.1. The molecule has 0 saturated heterocycles. The molecular weight excluding hydrogens is 364 g/mol. The predicted octanol–water partition coefficient (Wildman–Crippen LogP) is 3.63. The Kier molecular flexibility index (Phi) is 7.10. The van der Waals surface area contributed by atoms with Gasteiger partial charge in [0.05, 0.1) is 20.4 Å². The van der Waals surface area contributed by atoms with Gasteiger partial charge in [-0.3, -0.25) is 5.43 Å². The summed E-state index contributed by atoms with van der Waals surface area (Å²) in [6.45, 7) is -2.95. The summed E-state index contributed by atoms with van der Waals surface area (Å²) in [7, 11) is 2.95. The van der Waals surface area contributed by atoms with Crippen molar-refractivity contribution in [3.05, 3.63) is 48.0 Å². The maximum atomic E-state index is 12.4. The van der Waals surface area contributed by atoms with E-state index >= 15 is 0 Å². The molecule has 2 N–H and O–H groups in total. The molecule has 0 aliphatic rings. The molecule has 2 aromatic rings. The molecule has 0 atom stereocenters. The Labute approximate surface area is 154 Å². The van der Waals surface area contributed by atoms with Crippen LogP contribution in [0.25, 0.3) is 0 Å². The van der Waals surface area contributed by atoms with Gasteiger partial charge in [-0.1, -0.05) is 0 Å². The van der Waals surface area contributed by atoms with Gasteiger partial charge in [0.2, 0.25) is 0 Å². The van der Waals surface area contributed by atoms with Crippen LogP contribution in [0.3, 0.4) is 0 Å². The van der Waals surface area contributed by atoms with Crippen LogP contribution in [0.4, 0.5) is 14.5 Å². The molecule has 0 aliphatic heterocycles. The molecule has 2 rings (SSSR count). The average Bonchev–Trinajstić information content (AvgIpc) is 2.62. The first-order valence-electron chi connectivity index (χ1n) is 7.39. The smallest absolute Gasteiger partial charge is 0.387 e. The Balaban J connectivity index is 1.95. The highest BCUT2D eigenvalue weighted by Gasteiger charge is 2.10. The van der Waals surface area contributed by atoms with E-state index in [0.717, 1.165) is 11.4 Å². The van der Waals surface area contributed by atoms with Crippen LogP contribution in [0.15, 0.2) is 47.6 Å². The summed E-state index contributed by atoms with van der Waals surface area (Å²) < 4.78 is 39.3. The molecule has 0 aromatic heterocycles. The van der Waals surface area contributed by atoms with Gasteiger partial charge in [-0.15, -0.1) is 0 Å². The number of hydrogen-bond acceptors (Lipinski definition) is 5. The fourth-order valence-electron chi connectivity index (χ4n) is 1.96. The molecule has 0 heterocycles. The first kappa shape index (κ1) is 19.4. The van der Waals surface area contributed by atoms with Crippen LogP contribution in [-0.2, 0) is 0 Å². The summed E-state index contributed by atoms with van der Waals surface area (Å²) in [4.78, 5) is 0. The van der Waals surface area contributed by atoms with E-state index in [-0.39, 0.29) is 16.6 Å². The van der Waals surface area contributed by atoms with Gasteiger partial charge >= 0.3 is 6.61 Å². The number of halogens is 2. The van der Waals surface area contributed by atoms with Gasteiger partial charge in [0.25, 0.3) is 0 Å². The lowest BCUT2D eigenvalue weighted by Gasteiger charge is -2.10. The lowest BCUT2D eigenvalue weighted by Crippen LogP contribution is -2.23. The molecule has 0 radical (unpaired) electrons. The highest BCUT2D eigenvalue weighted by Crippen LogP contribution is 2.28. The number of ether oxygens (including phenoxy) is 3. The van der Waals surface area contributed by atoms with Crippen molar-refractivity contribution in [3.8, 4) is 17.2 Å². The van der Waals surface area contributed by atoms with E-state index < -0.39 is 6.61 Å². The van der Waals surface area contributed by atoms with Crippen LogP contribution in [0, 0.1) is 0 Å². The number of hydrazone groups is 1. The van der Waals surface area contributed by atoms with Crippen molar-refractivity contribution in [2.45, 2.75) is 6.61 Å². The van der Waals surface area contributed by atoms with Crippen molar-refractivity contribution in [3.63, 3.8) is 0 Å². The molecule has 26 heavy (non-hydrogen) atoms. The largest absolute Gasteiger partial charge is 0.497 e. The number of benzene rings is 2. The lowest BCUT2D eigenvalue weighted by molar-refractivity contribution is -0.0512. The Morgan fingerprint density at radius 1 is 1.08 bits per heavy atom. The van der Waals surface area contributed by atoms with Crippen molar-refractivity contribution in [2.24, 2.45) is 5.10 Å². The maximum absolute atomic E-state index is 12.4. The maximum Gasteiger partial charge on any atom is 0.387 e. The summed E-state index contributed by atoms with van der Waals surface area (Å²) >= 11 is 5.12. The number of anilines is 1. The van der Waals surface area contributed by atoms with Gasteiger partial charge in [0, 0.05) is 5.69 Å². The Morgan fingerprint density at radius 3 is 2.42 bits per heavy atom. The average molecular weight is 381 g/mol. The van der Waals surface area contributed by atoms with E-state index in [1.165, 1.54) is 25.5 Å². The Morgan fingerprint density at radius 2 is 1.81 bits per heavy atom. The van der Waals surface area contributed by atoms with Crippen LogP contribution in [-0.4, -0.2) is 32.2 Å².